The maximum Gasteiger partial charge on any atom is 0.257 e. The van der Waals surface area contributed by atoms with E-state index in [9.17, 15) is 4.79 Å². The Kier molecular flexibility index (Phi) is 3.58. The van der Waals surface area contributed by atoms with E-state index in [2.05, 4.69) is 17.9 Å². The SMILES string of the molecule is CNC(=O)/C(S)=C\c1ccccc1. The second-order valence-corrected chi connectivity index (χ2v) is 3.00. The fourth-order valence-corrected chi connectivity index (χ4v) is 1.16. The summed E-state index contributed by atoms with van der Waals surface area (Å²) in [5, 5.41) is 2.50. The highest BCUT2D eigenvalue weighted by Crippen LogP contribution is 2.08. The van der Waals surface area contributed by atoms with Gasteiger partial charge in [-0.2, -0.15) is 0 Å². The van der Waals surface area contributed by atoms with Crippen LogP contribution in [0, 0.1) is 0 Å². The van der Waals surface area contributed by atoms with Crippen molar-refractivity contribution in [2.75, 3.05) is 7.05 Å². The van der Waals surface area contributed by atoms with Crippen molar-refractivity contribution < 1.29 is 4.79 Å². The molecule has 0 fully saturated rings. The molecular formula is C10H11NOS. The lowest BCUT2D eigenvalue weighted by molar-refractivity contribution is -0.116. The van der Waals surface area contributed by atoms with E-state index in [4.69, 9.17) is 0 Å². The standard InChI is InChI=1S/C10H11NOS/c1-11-10(12)9(13)7-8-5-3-2-4-6-8/h2-7,13H,1H3,(H,11,12)/b9-7+. The van der Waals surface area contributed by atoms with Gasteiger partial charge in [0.2, 0.25) is 0 Å². The molecule has 1 rings (SSSR count). The number of carbonyl (C=O) groups is 1. The Morgan fingerprint density at radius 1 is 1.38 bits per heavy atom. The van der Waals surface area contributed by atoms with Crippen LogP contribution in [0.15, 0.2) is 35.2 Å². The van der Waals surface area contributed by atoms with Crippen LogP contribution in [0.1, 0.15) is 5.56 Å². The Morgan fingerprint density at radius 3 is 2.54 bits per heavy atom. The van der Waals surface area contributed by atoms with E-state index >= 15 is 0 Å². The number of hydrogen-bond acceptors (Lipinski definition) is 2. The largest absolute Gasteiger partial charge is 0.355 e. The monoisotopic (exact) mass is 193 g/mol. The molecule has 0 saturated heterocycles. The number of rotatable bonds is 2. The summed E-state index contributed by atoms with van der Waals surface area (Å²) in [6.45, 7) is 0. The van der Waals surface area contributed by atoms with Gasteiger partial charge < -0.3 is 5.32 Å². The van der Waals surface area contributed by atoms with Gasteiger partial charge in [0.25, 0.3) is 5.91 Å². The van der Waals surface area contributed by atoms with E-state index in [1.807, 2.05) is 30.3 Å². The van der Waals surface area contributed by atoms with Gasteiger partial charge in [-0.25, -0.2) is 0 Å². The highest BCUT2D eigenvalue weighted by Gasteiger charge is 2.00. The molecule has 3 heteroatoms. The van der Waals surface area contributed by atoms with E-state index in [1.54, 1.807) is 13.1 Å². The van der Waals surface area contributed by atoms with Crippen molar-refractivity contribution in [2.45, 2.75) is 0 Å². The summed E-state index contributed by atoms with van der Waals surface area (Å²) in [5.41, 5.74) is 0.969. The minimum Gasteiger partial charge on any atom is -0.355 e. The molecule has 0 spiro atoms. The summed E-state index contributed by atoms with van der Waals surface area (Å²) in [6, 6.07) is 9.58. The Hall–Kier alpha value is -1.22. The normalized spacial score (nSPS) is 11.1. The molecule has 0 heterocycles. The predicted octanol–water partition coefficient (Wildman–Crippen LogP) is 1.70. The highest BCUT2D eigenvalue weighted by atomic mass is 32.1. The molecule has 13 heavy (non-hydrogen) atoms. The Labute approximate surface area is 83.1 Å². The van der Waals surface area contributed by atoms with Gasteiger partial charge >= 0.3 is 0 Å². The molecule has 0 unspecified atom stereocenters. The Morgan fingerprint density at radius 2 is 2.00 bits per heavy atom. The molecule has 0 aliphatic rings. The van der Waals surface area contributed by atoms with Crippen molar-refractivity contribution in [3.8, 4) is 0 Å². The molecule has 0 bridgehead atoms. The van der Waals surface area contributed by atoms with E-state index in [-0.39, 0.29) is 5.91 Å². The first-order chi connectivity index (χ1) is 6.24. The van der Waals surface area contributed by atoms with Crippen LogP contribution in [0.5, 0.6) is 0 Å². The van der Waals surface area contributed by atoms with Crippen LogP contribution in [-0.2, 0) is 4.79 Å². The first-order valence-electron chi connectivity index (χ1n) is 3.92. The van der Waals surface area contributed by atoms with Gasteiger partial charge in [0.15, 0.2) is 0 Å². The van der Waals surface area contributed by atoms with Crippen molar-refractivity contribution in [1.29, 1.82) is 0 Å². The summed E-state index contributed by atoms with van der Waals surface area (Å²) in [6.07, 6.45) is 1.72. The van der Waals surface area contributed by atoms with E-state index in [0.29, 0.717) is 4.91 Å². The lowest BCUT2D eigenvalue weighted by Crippen LogP contribution is -2.17. The number of likely N-dealkylation sites (N-methyl/N-ethyl adjacent to an activating group) is 1. The molecule has 68 valence electrons. The van der Waals surface area contributed by atoms with Crippen molar-refractivity contribution in [2.24, 2.45) is 0 Å². The number of hydrogen-bond donors (Lipinski definition) is 2. The lowest BCUT2D eigenvalue weighted by Gasteiger charge is -1.97. The molecule has 0 atom stereocenters. The van der Waals surface area contributed by atoms with Crippen LogP contribution in [0.4, 0.5) is 0 Å². The zero-order valence-electron chi connectivity index (χ0n) is 7.32. The van der Waals surface area contributed by atoms with Crippen LogP contribution >= 0.6 is 12.6 Å². The molecular weight excluding hydrogens is 182 g/mol. The summed E-state index contributed by atoms with van der Waals surface area (Å²) in [5.74, 6) is -0.174. The maximum atomic E-state index is 11.1. The average molecular weight is 193 g/mol. The van der Waals surface area contributed by atoms with Crippen molar-refractivity contribution in [1.82, 2.24) is 5.32 Å². The third-order valence-electron chi connectivity index (χ3n) is 1.56. The lowest BCUT2D eigenvalue weighted by atomic mass is 10.2. The molecule has 0 radical (unpaired) electrons. The predicted molar refractivity (Wildman–Crippen MR) is 57.5 cm³/mol. The second kappa shape index (κ2) is 4.72. The molecule has 0 saturated carbocycles. The van der Waals surface area contributed by atoms with Crippen LogP contribution < -0.4 is 5.32 Å². The molecule has 1 aromatic rings. The molecule has 0 aliphatic heterocycles. The third kappa shape index (κ3) is 2.95. The second-order valence-electron chi connectivity index (χ2n) is 2.52. The molecule has 2 nitrogen and oxygen atoms in total. The summed E-state index contributed by atoms with van der Waals surface area (Å²) in [4.78, 5) is 11.5. The van der Waals surface area contributed by atoms with Gasteiger partial charge in [-0.05, 0) is 11.6 Å². The fraction of sp³-hybridized carbons (Fsp3) is 0.100. The van der Waals surface area contributed by atoms with E-state index in [1.165, 1.54) is 0 Å². The number of amides is 1. The molecule has 0 aliphatic carbocycles. The Balaban J connectivity index is 2.83. The van der Waals surface area contributed by atoms with Gasteiger partial charge in [0.05, 0.1) is 4.91 Å². The van der Waals surface area contributed by atoms with Gasteiger partial charge in [0, 0.05) is 7.05 Å². The maximum absolute atomic E-state index is 11.1. The van der Waals surface area contributed by atoms with Gasteiger partial charge in [-0.15, -0.1) is 12.6 Å². The highest BCUT2D eigenvalue weighted by molar-refractivity contribution is 7.85. The number of thiol groups is 1. The minimum atomic E-state index is -0.174. The molecule has 0 aromatic heterocycles. The first-order valence-corrected chi connectivity index (χ1v) is 4.36. The first kappa shape index (κ1) is 9.86. The zero-order chi connectivity index (χ0) is 9.68. The molecule has 1 N–H and O–H groups in total. The minimum absolute atomic E-state index is 0.174. The van der Waals surface area contributed by atoms with Crippen LogP contribution in [0.25, 0.3) is 6.08 Å². The Bertz CT molecular complexity index is 319. The molecule has 1 amide bonds. The topological polar surface area (TPSA) is 29.1 Å². The summed E-state index contributed by atoms with van der Waals surface area (Å²) in [7, 11) is 1.58. The number of nitrogens with one attached hydrogen (secondary N) is 1. The van der Waals surface area contributed by atoms with Crippen LogP contribution in [-0.4, -0.2) is 13.0 Å². The van der Waals surface area contributed by atoms with Gasteiger partial charge in [-0.1, -0.05) is 30.3 Å². The quantitative estimate of drug-likeness (QED) is 0.543. The number of benzene rings is 1. The van der Waals surface area contributed by atoms with E-state index in [0.717, 1.165) is 5.56 Å². The zero-order valence-corrected chi connectivity index (χ0v) is 8.21. The smallest absolute Gasteiger partial charge is 0.257 e. The van der Waals surface area contributed by atoms with Crippen LogP contribution in [0.3, 0.4) is 0 Å². The van der Waals surface area contributed by atoms with Crippen molar-refractivity contribution >= 4 is 24.6 Å². The number of carbonyl (C=O) groups excluding carboxylic acids is 1. The third-order valence-corrected chi connectivity index (χ3v) is 1.89. The summed E-state index contributed by atoms with van der Waals surface area (Å²) >= 11 is 4.07. The van der Waals surface area contributed by atoms with Crippen LogP contribution in [0.2, 0.25) is 0 Å². The van der Waals surface area contributed by atoms with E-state index < -0.39 is 0 Å². The fourth-order valence-electron chi connectivity index (χ4n) is 0.901. The van der Waals surface area contributed by atoms with Crippen molar-refractivity contribution in [3.63, 3.8) is 0 Å². The summed E-state index contributed by atoms with van der Waals surface area (Å²) < 4.78 is 0. The van der Waals surface area contributed by atoms with Gasteiger partial charge in [0.1, 0.15) is 0 Å². The average Bonchev–Trinajstić information content (AvgIpc) is 2.18. The van der Waals surface area contributed by atoms with Gasteiger partial charge in [-0.3, -0.25) is 4.79 Å². The molecule has 1 aromatic carbocycles. The van der Waals surface area contributed by atoms with Crippen molar-refractivity contribution in [3.05, 3.63) is 40.8 Å².